The van der Waals surface area contributed by atoms with Gasteiger partial charge in [0.25, 0.3) is 0 Å². The van der Waals surface area contributed by atoms with E-state index in [9.17, 15) is 0 Å². The first-order valence-electron chi connectivity index (χ1n) is 9.58. The Bertz CT molecular complexity index is 650. The normalized spacial score (nSPS) is 13.1. The lowest BCUT2D eigenvalue weighted by molar-refractivity contribution is 0.335. The first-order valence-corrected chi connectivity index (χ1v) is 9.58. The average molecular weight is 334 g/mol. The summed E-state index contributed by atoms with van der Waals surface area (Å²) in [7, 11) is 0. The molecule has 0 saturated heterocycles. The summed E-state index contributed by atoms with van der Waals surface area (Å²) in [5, 5.41) is 5.53. The van der Waals surface area contributed by atoms with E-state index in [2.05, 4.69) is 53.6 Å². The molecule has 0 aliphatic carbocycles. The van der Waals surface area contributed by atoms with Crippen molar-refractivity contribution >= 4 is 11.0 Å². The molecule has 0 aliphatic rings. The summed E-state index contributed by atoms with van der Waals surface area (Å²) in [5.41, 5.74) is 1.79. The number of unbranched alkanes of at least 4 members (excludes halogenated alkanes) is 5. The Balaban J connectivity index is 2.24. The van der Waals surface area contributed by atoms with Crippen molar-refractivity contribution in [2.24, 2.45) is 0 Å². The van der Waals surface area contributed by atoms with Crippen LogP contribution in [-0.2, 0) is 17.3 Å². The molecule has 0 radical (unpaired) electrons. The molecular formula is C21H35NO2. The van der Waals surface area contributed by atoms with Crippen molar-refractivity contribution in [3.05, 3.63) is 17.2 Å². The Morgan fingerprint density at radius 2 is 1.38 bits per heavy atom. The maximum atomic E-state index is 6.30. The third-order valence-corrected chi connectivity index (χ3v) is 4.53. The van der Waals surface area contributed by atoms with Gasteiger partial charge in [-0.3, -0.25) is 0 Å². The quantitative estimate of drug-likeness (QED) is 0.516. The maximum Gasteiger partial charge on any atom is 0.209 e. The van der Waals surface area contributed by atoms with Crippen LogP contribution in [-0.4, -0.2) is 5.16 Å². The first-order chi connectivity index (χ1) is 11.2. The van der Waals surface area contributed by atoms with Gasteiger partial charge < -0.3 is 8.94 Å². The molecule has 0 fully saturated rings. The van der Waals surface area contributed by atoms with Crippen LogP contribution in [0.2, 0.25) is 0 Å². The van der Waals surface area contributed by atoms with Gasteiger partial charge in [0.1, 0.15) is 5.76 Å². The highest BCUT2D eigenvalue weighted by molar-refractivity contribution is 5.85. The van der Waals surface area contributed by atoms with E-state index in [4.69, 9.17) is 8.94 Å². The average Bonchev–Trinajstić information content (AvgIpc) is 3.01. The predicted molar refractivity (Wildman–Crippen MR) is 101 cm³/mol. The second-order valence-electron chi connectivity index (χ2n) is 9.11. The minimum atomic E-state index is -0.0846. The summed E-state index contributed by atoms with van der Waals surface area (Å²) in [6.07, 6.45) is 8.72. The van der Waals surface area contributed by atoms with E-state index in [0.717, 1.165) is 34.6 Å². The van der Waals surface area contributed by atoms with Crippen LogP contribution in [0.4, 0.5) is 0 Å². The van der Waals surface area contributed by atoms with E-state index in [1.165, 1.54) is 38.5 Å². The fourth-order valence-corrected chi connectivity index (χ4v) is 3.18. The Hall–Kier alpha value is -1.25. The number of rotatable bonds is 7. The van der Waals surface area contributed by atoms with Gasteiger partial charge in [0.15, 0.2) is 5.76 Å². The summed E-state index contributed by atoms with van der Waals surface area (Å²) in [6.45, 7) is 15.3. The standard InChI is InChI=1S/C21H35NO2/c1-8-9-10-11-12-13-14-15-16-17(24-22-15)19(21(5,6)7)23-18(16)20(2,3)4/h8-14H2,1-7H3. The molecule has 0 aromatic carbocycles. The lowest BCUT2D eigenvalue weighted by atomic mass is 9.89. The zero-order valence-corrected chi connectivity index (χ0v) is 16.7. The molecule has 0 unspecified atom stereocenters. The third kappa shape index (κ3) is 4.23. The van der Waals surface area contributed by atoms with E-state index in [0.29, 0.717) is 0 Å². The predicted octanol–water partition coefficient (Wildman–Crippen LogP) is 6.92. The van der Waals surface area contributed by atoms with Crippen molar-refractivity contribution in [2.75, 3.05) is 0 Å². The summed E-state index contributed by atoms with van der Waals surface area (Å²) < 4.78 is 12.0. The van der Waals surface area contributed by atoms with E-state index in [1.54, 1.807) is 0 Å². The van der Waals surface area contributed by atoms with Crippen molar-refractivity contribution in [2.45, 2.75) is 104 Å². The topological polar surface area (TPSA) is 39.2 Å². The Morgan fingerprint density at radius 1 is 0.792 bits per heavy atom. The molecule has 2 rings (SSSR count). The highest BCUT2D eigenvalue weighted by Gasteiger charge is 2.33. The Labute approximate surface area is 147 Å². The van der Waals surface area contributed by atoms with Crippen LogP contribution in [0.3, 0.4) is 0 Å². The maximum absolute atomic E-state index is 6.30. The second kappa shape index (κ2) is 7.33. The summed E-state index contributed by atoms with van der Waals surface area (Å²) in [6, 6.07) is 0. The number of furan rings is 1. The van der Waals surface area contributed by atoms with Gasteiger partial charge in [-0.25, -0.2) is 0 Å². The Morgan fingerprint density at radius 3 is 1.96 bits per heavy atom. The molecule has 24 heavy (non-hydrogen) atoms. The third-order valence-electron chi connectivity index (χ3n) is 4.53. The van der Waals surface area contributed by atoms with Crippen LogP contribution in [0, 0.1) is 0 Å². The van der Waals surface area contributed by atoms with Crippen molar-refractivity contribution < 1.29 is 8.94 Å². The zero-order chi connectivity index (χ0) is 18.0. The van der Waals surface area contributed by atoms with Gasteiger partial charge in [-0.2, -0.15) is 0 Å². The molecule has 2 aromatic rings. The van der Waals surface area contributed by atoms with Gasteiger partial charge >= 0.3 is 0 Å². The lowest BCUT2D eigenvalue weighted by Crippen LogP contribution is -2.12. The van der Waals surface area contributed by atoms with Crippen molar-refractivity contribution in [3.8, 4) is 0 Å². The second-order valence-corrected chi connectivity index (χ2v) is 9.11. The van der Waals surface area contributed by atoms with Crippen LogP contribution in [0.25, 0.3) is 11.0 Å². The molecule has 0 saturated carbocycles. The fraction of sp³-hybridized carbons (Fsp3) is 0.762. The van der Waals surface area contributed by atoms with Crippen LogP contribution in [0.15, 0.2) is 8.94 Å². The van der Waals surface area contributed by atoms with Crippen molar-refractivity contribution in [1.29, 1.82) is 0 Å². The molecule has 0 bridgehead atoms. The van der Waals surface area contributed by atoms with Gasteiger partial charge in [-0.1, -0.05) is 85.7 Å². The number of nitrogens with zero attached hydrogens (tertiary/aromatic N) is 1. The highest BCUT2D eigenvalue weighted by Crippen LogP contribution is 2.41. The molecule has 0 atom stereocenters. The Kier molecular flexibility index (Phi) is 5.83. The minimum absolute atomic E-state index is 0.0524. The lowest BCUT2D eigenvalue weighted by Gasteiger charge is -2.18. The molecular weight excluding hydrogens is 298 g/mol. The van der Waals surface area contributed by atoms with Gasteiger partial charge in [0, 0.05) is 10.8 Å². The highest BCUT2D eigenvalue weighted by atomic mass is 16.5. The van der Waals surface area contributed by atoms with Crippen molar-refractivity contribution in [3.63, 3.8) is 0 Å². The van der Waals surface area contributed by atoms with Crippen LogP contribution in [0.1, 0.15) is 104 Å². The monoisotopic (exact) mass is 333 g/mol. The smallest absolute Gasteiger partial charge is 0.209 e. The summed E-state index contributed by atoms with van der Waals surface area (Å²) in [4.78, 5) is 0. The van der Waals surface area contributed by atoms with E-state index in [1.807, 2.05) is 0 Å². The SMILES string of the molecule is CCCCCCCCc1noc2c(C(C)(C)C)oc(C(C)(C)C)c12. The minimum Gasteiger partial charge on any atom is -0.460 e. The number of fused-ring (bicyclic) bond motifs is 1. The van der Waals surface area contributed by atoms with Gasteiger partial charge in [-0.05, 0) is 12.8 Å². The molecule has 136 valence electrons. The zero-order valence-electron chi connectivity index (χ0n) is 16.7. The summed E-state index contributed by atoms with van der Waals surface area (Å²) in [5.74, 6) is 1.94. The molecule has 0 amide bonds. The van der Waals surface area contributed by atoms with Crippen molar-refractivity contribution in [1.82, 2.24) is 5.16 Å². The number of aryl methyl sites for hydroxylation is 1. The van der Waals surface area contributed by atoms with Gasteiger partial charge in [0.05, 0.1) is 11.1 Å². The largest absolute Gasteiger partial charge is 0.460 e. The van der Waals surface area contributed by atoms with E-state index < -0.39 is 0 Å². The van der Waals surface area contributed by atoms with Crippen LogP contribution < -0.4 is 0 Å². The first kappa shape index (κ1) is 19.1. The molecule has 0 aliphatic heterocycles. The number of hydrogen-bond acceptors (Lipinski definition) is 3. The number of hydrogen-bond donors (Lipinski definition) is 0. The van der Waals surface area contributed by atoms with E-state index in [-0.39, 0.29) is 10.8 Å². The van der Waals surface area contributed by atoms with Gasteiger partial charge in [0.2, 0.25) is 5.58 Å². The van der Waals surface area contributed by atoms with Gasteiger partial charge in [-0.15, -0.1) is 0 Å². The summed E-state index contributed by atoms with van der Waals surface area (Å²) >= 11 is 0. The molecule has 2 heterocycles. The molecule has 2 aromatic heterocycles. The van der Waals surface area contributed by atoms with Crippen LogP contribution in [0.5, 0.6) is 0 Å². The molecule has 0 N–H and O–H groups in total. The van der Waals surface area contributed by atoms with Crippen LogP contribution >= 0.6 is 0 Å². The molecule has 3 heteroatoms. The fourth-order valence-electron chi connectivity index (χ4n) is 3.18. The number of aromatic nitrogens is 1. The molecule has 0 spiro atoms. The van der Waals surface area contributed by atoms with E-state index >= 15 is 0 Å². The molecule has 3 nitrogen and oxygen atoms in total.